The molecular formula is C14H20O10. The van der Waals surface area contributed by atoms with E-state index in [1.54, 1.807) is 0 Å². The van der Waals surface area contributed by atoms with Gasteiger partial charge in [-0.2, -0.15) is 0 Å². The van der Waals surface area contributed by atoms with Crippen molar-refractivity contribution in [1.82, 2.24) is 0 Å². The molecule has 1 N–H and O–H groups in total. The molecule has 1 aliphatic rings. The zero-order valence-electron chi connectivity index (χ0n) is 13.7. The van der Waals surface area contributed by atoms with Gasteiger partial charge < -0.3 is 28.8 Å². The molecule has 0 amide bonds. The summed E-state index contributed by atoms with van der Waals surface area (Å²) in [4.78, 5) is 45.3. The van der Waals surface area contributed by atoms with E-state index < -0.39 is 61.2 Å². The van der Waals surface area contributed by atoms with Crippen LogP contribution in [0.25, 0.3) is 0 Å². The van der Waals surface area contributed by atoms with Gasteiger partial charge in [0.25, 0.3) is 0 Å². The highest BCUT2D eigenvalue weighted by Gasteiger charge is 2.53. The number of carbonyl (C=O) groups excluding carboxylic acids is 4. The molecule has 0 aromatic rings. The van der Waals surface area contributed by atoms with Gasteiger partial charge in [-0.15, -0.1) is 0 Å². The fourth-order valence-corrected chi connectivity index (χ4v) is 2.26. The number of aliphatic hydroxyl groups is 1. The lowest BCUT2D eigenvalue weighted by Gasteiger charge is -2.43. The third-order valence-electron chi connectivity index (χ3n) is 2.96. The van der Waals surface area contributed by atoms with Gasteiger partial charge in [0.05, 0.1) is 6.61 Å². The summed E-state index contributed by atoms with van der Waals surface area (Å²) in [6.07, 6.45) is -6.56. The smallest absolute Gasteiger partial charge is 0.305 e. The van der Waals surface area contributed by atoms with Crippen molar-refractivity contribution in [3.05, 3.63) is 0 Å². The summed E-state index contributed by atoms with van der Waals surface area (Å²) in [7, 11) is 0. The number of esters is 4. The van der Waals surface area contributed by atoms with Crippen LogP contribution in [0, 0.1) is 0 Å². The van der Waals surface area contributed by atoms with Gasteiger partial charge in [-0.05, 0) is 0 Å². The van der Waals surface area contributed by atoms with E-state index >= 15 is 0 Å². The largest absolute Gasteiger partial charge is 0.456 e. The molecule has 0 saturated carbocycles. The number of carbonyl (C=O) groups is 4. The van der Waals surface area contributed by atoms with E-state index in [1.807, 2.05) is 0 Å². The maximum atomic E-state index is 11.4. The summed E-state index contributed by atoms with van der Waals surface area (Å²) in [5.41, 5.74) is 0. The van der Waals surface area contributed by atoms with E-state index in [4.69, 9.17) is 23.7 Å². The summed E-state index contributed by atoms with van der Waals surface area (Å²) >= 11 is 0. The van der Waals surface area contributed by atoms with E-state index in [2.05, 4.69) is 0 Å². The molecule has 0 bridgehead atoms. The average molecular weight is 348 g/mol. The van der Waals surface area contributed by atoms with Crippen molar-refractivity contribution in [3.63, 3.8) is 0 Å². The van der Waals surface area contributed by atoms with Gasteiger partial charge in [0.1, 0.15) is 6.10 Å². The second kappa shape index (κ2) is 8.60. The molecule has 1 rings (SSSR count). The fraction of sp³-hybridized carbons (Fsp3) is 0.714. The molecule has 136 valence electrons. The van der Waals surface area contributed by atoms with Gasteiger partial charge in [0.15, 0.2) is 12.2 Å². The summed E-state index contributed by atoms with van der Waals surface area (Å²) in [6.45, 7) is 3.77. The van der Waals surface area contributed by atoms with Crippen LogP contribution >= 0.6 is 0 Å². The molecule has 1 fully saturated rings. The summed E-state index contributed by atoms with van der Waals surface area (Å²) in [5, 5.41) is 9.44. The molecule has 0 aliphatic carbocycles. The predicted octanol–water partition coefficient (Wildman–Crippen LogP) is -0.938. The lowest BCUT2D eigenvalue weighted by molar-refractivity contribution is -0.299. The average Bonchev–Trinajstić information content (AvgIpc) is 2.42. The van der Waals surface area contributed by atoms with Crippen molar-refractivity contribution in [1.29, 1.82) is 0 Å². The summed E-state index contributed by atoms with van der Waals surface area (Å²) in [6, 6.07) is 0. The molecule has 1 saturated heterocycles. The third kappa shape index (κ3) is 5.46. The molecule has 10 nitrogen and oxygen atoms in total. The van der Waals surface area contributed by atoms with Crippen molar-refractivity contribution in [3.8, 4) is 0 Å². The first kappa shape index (κ1) is 19.8. The molecular weight excluding hydrogens is 328 g/mol. The van der Waals surface area contributed by atoms with Crippen LogP contribution in [0.15, 0.2) is 0 Å². The molecule has 0 spiro atoms. The van der Waals surface area contributed by atoms with Gasteiger partial charge >= 0.3 is 23.9 Å². The van der Waals surface area contributed by atoms with Crippen LogP contribution in [-0.4, -0.2) is 66.3 Å². The zero-order valence-corrected chi connectivity index (χ0v) is 13.7. The van der Waals surface area contributed by atoms with Crippen molar-refractivity contribution in [2.75, 3.05) is 6.61 Å². The molecule has 0 aromatic heterocycles. The van der Waals surface area contributed by atoms with Gasteiger partial charge in [0.2, 0.25) is 12.4 Å². The highest BCUT2D eigenvalue weighted by molar-refractivity contribution is 5.69. The normalized spacial score (nSPS) is 29.3. The molecule has 24 heavy (non-hydrogen) atoms. The van der Waals surface area contributed by atoms with E-state index in [-0.39, 0.29) is 0 Å². The Morgan fingerprint density at radius 1 is 0.750 bits per heavy atom. The number of rotatable bonds is 5. The summed E-state index contributed by atoms with van der Waals surface area (Å²) in [5.74, 6) is -3.00. The summed E-state index contributed by atoms with van der Waals surface area (Å²) < 4.78 is 25.4. The third-order valence-corrected chi connectivity index (χ3v) is 2.96. The minimum atomic E-state index is -1.44. The molecule has 1 heterocycles. The zero-order chi connectivity index (χ0) is 18.4. The predicted molar refractivity (Wildman–Crippen MR) is 74.2 cm³/mol. The Morgan fingerprint density at radius 2 is 1.17 bits per heavy atom. The van der Waals surface area contributed by atoms with Crippen molar-refractivity contribution >= 4 is 23.9 Å². The lowest BCUT2D eigenvalue weighted by atomic mass is 9.98. The first-order valence-electron chi connectivity index (χ1n) is 7.11. The molecule has 1 aliphatic heterocycles. The number of hydrogen-bond donors (Lipinski definition) is 1. The van der Waals surface area contributed by atoms with Gasteiger partial charge in [0, 0.05) is 27.7 Å². The topological polar surface area (TPSA) is 135 Å². The van der Waals surface area contributed by atoms with Crippen LogP contribution in [0.3, 0.4) is 0 Å². The van der Waals surface area contributed by atoms with Crippen LogP contribution in [0.4, 0.5) is 0 Å². The maximum Gasteiger partial charge on any atom is 0.305 e. The van der Waals surface area contributed by atoms with E-state index in [1.165, 1.54) is 0 Å². The van der Waals surface area contributed by atoms with Crippen LogP contribution in [0.1, 0.15) is 27.7 Å². The lowest BCUT2D eigenvalue weighted by Crippen LogP contribution is -2.62. The Hall–Kier alpha value is -2.20. The molecule has 0 aromatic carbocycles. The Morgan fingerprint density at radius 3 is 1.58 bits per heavy atom. The quantitative estimate of drug-likeness (QED) is 0.490. The Labute approximate surface area is 137 Å². The molecule has 5 atom stereocenters. The van der Waals surface area contributed by atoms with Gasteiger partial charge in [-0.1, -0.05) is 0 Å². The standard InChI is InChI=1S/C14H20O10/c1-6(16)20-11-10(5-15)24-14(23-9(4)19)13(22-8(3)18)12(11)21-7(2)17/h10-15H,5H2,1-4H3/t10?,11-,12?,13?,14+/m0/s1. The minimum Gasteiger partial charge on any atom is -0.456 e. The van der Waals surface area contributed by atoms with E-state index in [0.717, 1.165) is 27.7 Å². The second-order valence-corrected chi connectivity index (χ2v) is 5.06. The van der Waals surface area contributed by atoms with E-state index in [9.17, 15) is 24.3 Å². The van der Waals surface area contributed by atoms with Crippen LogP contribution < -0.4 is 0 Å². The first-order chi connectivity index (χ1) is 11.1. The SMILES string of the molecule is CC(=O)OC1C(OC(C)=O)[C@@H](OC(C)=O)C(CO)O[C@H]1OC(C)=O. The van der Waals surface area contributed by atoms with Crippen LogP contribution in [0.5, 0.6) is 0 Å². The van der Waals surface area contributed by atoms with Crippen LogP contribution in [0.2, 0.25) is 0 Å². The first-order valence-corrected chi connectivity index (χ1v) is 7.11. The maximum absolute atomic E-state index is 11.4. The molecule has 3 unspecified atom stereocenters. The monoisotopic (exact) mass is 348 g/mol. The number of aliphatic hydroxyl groups excluding tert-OH is 1. The van der Waals surface area contributed by atoms with Gasteiger partial charge in [-0.3, -0.25) is 19.2 Å². The van der Waals surface area contributed by atoms with Crippen molar-refractivity contribution in [2.24, 2.45) is 0 Å². The highest BCUT2D eigenvalue weighted by atomic mass is 16.7. The minimum absolute atomic E-state index is 0.625. The Bertz CT molecular complexity index is 502. The molecule has 10 heteroatoms. The van der Waals surface area contributed by atoms with Crippen molar-refractivity contribution in [2.45, 2.75) is 58.4 Å². The fourth-order valence-electron chi connectivity index (χ4n) is 2.26. The second-order valence-electron chi connectivity index (χ2n) is 5.06. The Balaban J connectivity index is 3.23. The number of hydrogen-bond acceptors (Lipinski definition) is 10. The van der Waals surface area contributed by atoms with Crippen LogP contribution in [-0.2, 0) is 42.9 Å². The van der Waals surface area contributed by atoms with Gasteiger partial charge in [-0.25, -0.2) is 0 Å². The highest BCUT2D eigenvalue weighted by Crippen LogP contribution is 2.29. The Kier molecular flexibility index (Phi) is 7.11. The van der Waals surface area contributed by atoms with E-state index in [0.29, 0.717) is 0 Å². The number of ether oxygens (including phenoxy) is 5. The van der Waals surface area contributed by atoms with Crippen molar-refractivity contribution < 1.29 is 48.0 Å². The molecule has 0 radical (unpaired) electrons.